The number of carbonyl (C=O) groups excluding carboxylic acids is 5. The molecular weight excluding hydrogens is 1690 g/mol. The number of rotatable bonds is 7. The van der Waals surface area contributed by atoms with E-state index in [0.29, 0.717) is 40.0 Å². The van der Waals surface area contributed by atoms with Gasteiger partial charge in [-0.15, -0.1) is 0 Å². The number of thiocarbonyl (C=S) groups is 1. The van der Waals surface area contributed by atoms with Gasteiger partial charge in [0.2, 0.25) is 0 Å². The Labute approximate surface area is 753 Å². The van der Waals surface area contributed by atoms with E-state index in [4.69, 9.17) is 46.9 Å². The number of carbonyl (C=O) groups is 5. The highest BCUT2D eigenvalue weighted by molar-refractivity contribution is 14.1. The first-order valence-electron chi connectivity index (χ1n) is 45.5. The molecule has 20 rings (SSSR count). The van der Waals surface area contributed by atoms with Crippen molar-refractivity contribution in [1.82, 2.24) is 31.1 Å². The number of ether oxygens (including phenoxy) is 4. The van der Waals surface area contributed by atoms with E-state index >= 15 is 0 Å². The van der Waals surface area contributed by atoms with Crippen molar-refractivity contribution in [1.29, 1.82) is 0 Å². The SMILES string of the molecule is CC(C)I.CN.COC1CCC2(CC1)Cc1ccc(C#CC3CC3)cc1C21N=C(N)N(C(C)C)C1=O.COC1CCC2(CC1)Cc1ccc(C#CC3CC3)cc1C21N=C(SC(C)C)N(C(C)C)C1=O.COC1CCC2(CC1)Cc1ccc(C#CC3CC3)cc1C21NC(=O)NC1=O.COC1CCC2(CC1)Cc1ccc(C#CC3CC3)cc1C21NC(=S)NC1=O. The zero-order chi connectivity index (χ0) is 87.3. The van der Waals surface area contributed by atoms with Crippen LogP contribution in [0.5, 0.6) is 0 Å². The smallest absolute Gasteiger partial charge is 0.322 e. The third-order valence-electron chi connectivity index (χ3n) is 29.3. The predicted molar refractivity (Wildman–Crippen MR) is 498 cm³/mol. The minimum absolute atomic E-state index is 0.00517. The number of methoxy groups -OCH3 is 4. The highest BCUT2D eigenvalue weighted by atomic mass is 127. The number of amides is 6. The van der Waals surface area contributed by atoms with Crippen molar-refractivity contribution in [2.45, 2.75) is 303 Å². The molecule has 0 bridgehead atoms. The number of halogens is 1. The lowest BCUT2D eigenvalue weighted by Crippen LogP contribution is -2.56. The minimum Gasteiger partial charge on any atom is -0.381 e. The second-order valence-electron chi connectivity index (χ2n) is 38.6. The molecule has 0 radical (unpaired) electrons. The molecule has 4 heterocycles. The minimum atomic E-state index is -0.977. The van der Waals surface area contributed by atoms with Gasteiger partial charge in [0.05, 0.1) is 24.4 Å². The number of imide groups is 1. The van der Waals surface area contributed by atoms with Crippen molar-refractivity contribution in [3.8, 4) is 47.4 Å². The van der Waals surface area contributed by atoms with Gasteiger partial charge in [0.1, 0.15) is 0 Å². The van der Waals surface area contributed by atoms with Crippen molar-refractivity contribution >= 4 is 92.5 Å². The topological polar surface area (TPSA) is 254 Å². The molecule has 19 nitrogen and oxygen atoms in total. The van der Waals surface area contributed by atoms with Crippen LogP contribution in [0.2, 0.25) is 0 Å². The quantitative estimate of drug-likeness (QED) is 0.0331. The number of urea groups is 1. The van der Waals surface area contributed by atoms with Crippen molar-refractivity contribution in [3.05, 3.63) is 140 Å². The molecule has 16 aliphatic rings. The number of amidine groups is 1. The summed E-state index contributed by atoms with van der Waals surface area (Å²) < 4.78 is 23.3. The summed E-state index contributed by atoms with van der Waals surface area (Å²) in [6, 6.07) is 25.2. The normalized spacial score (nSPS) is 31.6. The Morgan fingerprint density at radius 3 is 1.03 bits per heavy atom. The molecule has 12 aliphatic carbocycles. The van der Waals surface area contributed by atoms with E-state index in [-0.39, 0.29) is 81.8 Å². The first-order chi connectivity index (χ1) is 59.0. The molecule has 4 aromatic carbocycles. The van der Waals surface area contributed by atoms with Crippen molar-refractivity contribution in [2.75, 3.05) is 35.5 Å². The van der Waals surface area contributed by atoms with Crippen LogP contribution in [0.1, 0.15) is 276 Å². The fraction of sp³-hybridized carbons (Fsp3) is 0.604. The van der Waals surface area contributed by atoms with E-state index in [9.17, 15) is 24.0 Å². The zero-order valence-electron chi connectivity index (χ0n) is 74.5. The fourth-order valence-electron chi connectivity index (χ4n) is 22.5. The highest BCUT2D eigenvalue weighted by Crippen LogP contribution is 2.66. The average molecular weight is 1820 g/mol. The lowest BCUT2D eigenvalue weighted by atomic mass is 9.61. The van der Waals surface area contributed by atoms with Crippen LogP contribution in [0.3, 0.4) is 0 Å². The maximum Gasteiger partial charge on any atom is 0.322 e. The molecule has 4 unspecified atom stereocenters. The molecule has 22 heteroatoms. The van der Waals surface area contributed by atoms with Gasteiger partial charge in [0.25, 0.3) is 23.6 Å². The van der Waals surface area contributed by atoms with Crippen LogP contribution < -0.4 is 32.7 Å². The summed E-state index contributed by atoms with van der Waals surface area (Å²) >= 11 is 9.43. The van der Waals surface area contributed by atoms with Gasteiger partial charge in [-0.1, -0.05) is 134 Å². The van der Waals surface area contributed by atoms with Gasteiger partial charge >= 0.3 is 6.03 Å². The Hall–Kier alpha value is -7.62. The molecule has 4 atom stereocenters. The summed E-state index contributed by atoms with van der Waals surface area (Å²) in [7, 11) is 8.62. The number of hydrogen-bond donors (Lipinski definition) is 6. The van der Waals surface area contributed by atoms with Crippen LogP contribution in [0.25, 0.3) is 0 Å². The van der Waals surface area contributed by atoms with Crippen LogP contribution >= 0.6 is 46.6 Å². The van der Waals surface area contributed by atoms with Gasteiger partial charge in [-0.25, -0.2) is 14.8 Å². The number of guanidine groups is 1. The largest absolute Gasteiger partial charge is 0.381 e. The molecule has 123 heavy (non-hydrogen) atoms. The van der Waals surface area contributed by atoms with E-state index in [0.717, 1.165) is 188 Å². The number of nitrogens with two attached hydrogens (primary N) is 2. The lowest BCUT2D eigenvalue weighted by molar-refractivity contribution is -0.140. The first kappa shape index (κ1) is 90.2. The Kier molecular flexibility index (Phi) is 26.6. The molecular formula is C101H127IN10O9S2. The Morgan fingerprint density at radius 1 is 0.439 bits per heavy atom. The second kappa shape index (κ2) is 36.3. The molecule has 6 amide bonds. The van der Waals surface area contributed by atoms with Crippen molar-refractivity contribution in [2.24, 2.45) is 66.8 Å². The van der Waals surface area contributed by atoms with Crippen molar-refractivity contribution in [3.63, 3.8) is 0 Å². The fourth-order valence-corrected chi connectivity index (χ4v) is 23.7. The monoisotopic (exact) mass is 1810 g/mol. The summed E-state index contributed by atoms with van der Waals surface area (Å²) in [4.78, 5) is 81.2. The highest BCUT2D eigenvalue weighted by Gasteiger charge is 2.71. The molecule has 8 spiro atoms. The van der Waals surface area contributed by atoms with Crippen molar-refractivity contribution < 1.29 is 42.9 Å². The average Bonchev–Trinajstić information content (AvgIpc) is 1.54. The number of hydrogen-bond acceptors (Lipinski definition) is 15. The van der Waals surface area contributed by atoms with Gasteiger partial charge in [-0.05, 0) is 320 Å². The molecule has 8 N–H and O–H groups in total. The third kappa shape index (κ3) is 16.9. The van der Waals surface area contributed by atoms with Gasteiger partial charge in [-0.3, -0.25) is 34.3 Å². The van der Waals surface area contributed by atoms with Gasteiger partial charge < -0.3 is 46.4 Å². The molecule has 10 fully saturated rings. The van der Waals surface area contributed by atoms with E-state index < -0.39 is 28.2 Å². The Bertz CT molecular complexity index is 4950. The first-order valence-corrected chi connectivity index (χ1v) is 48.1. The summed E-state index contributed by atoms with van der Waals surface area (Å²) in [5.41, 5.74) is 19.5. The summed E-state index contributed by atoms with van der Waals surface area (Å²) in [5.74, 6) is 29.2. The van der Waals surface area contributed by atoms with E-state index in [2.05, 4.69) is 205 Å². The number of nitrogens with zero attached hydrogens (tertiary/aromatic N) is 4. The van der Waals surface area contributed by atoms with Gasteiger partial charge in [0.15, 0.2) is 38.4 Å². The number of benzene rings is 4. The molecule has 8 saturated carbocycles. The van der Waals surface area contributed by atoms with E-state index in [1.807, 2.05) is 31.9 Å². The lowest BCUT2D eigenvalue weighted by Gasteiger charge is -2.46. The molecule has 4 aliphatic heterocycles. The van der Waals surface area contributed by atoms with Gasteiger partial charge in [-0.2, -0.15) is 0 Å². The van der Waals surface area contributed by atoms with Crippen LogP contribution in [-0.2, 0) is 86.0 Å². The van der Waals surface area contributed by atoms with E-state index in [1.165, 1.54) is 75.1 Å². The molecule has 4 aromatic rings. The molecule has 0 aromatic heterocycles. The summed E-state index contributed by atoms with van der Waals surface area (Å²) in [6.45, 7) is 16.9. The third-order valence-corrected chi connectivity index (χ3v) is 30.5. The maximum atomic E-state index is 14.5. The van der Waals surface area contributed by atoms with Crippen LogP contribution in [0.4, 0.5) is 4.79 Å². The Morgan fingerprint density at radius 2 is 0.740 bits per heavy atom. The zero-order valence-corrected chi connectivity index (χ0v) is 78.3. The van der Waals surface area contributed by atoms with Crippen LogP contribution in [-0.4, -0.2) is 137 Å². The number of aliphatic imine (C=N–C) groups is 2. The molecule has 654 valence electrons. The molecule has 2 saturated heterocycles. The van der Waals surface area contributed by atoms with Crippen LogP contribution in [0.15, 0.2) is 82.8 Å². The number of alkyl halides is 1. The van der Waals surface area contributed by atoms with E-state index in [1.54, 1.807) is 38.0 Å². The number of thioether (sulfide) groups is 1. The number of nitrogens with one attached hydrogen (secondary N) is 4. The standard InChI is InChI=1S/C28H36N2O2S.C25H31N3O2.C22H24N2O3.C22H24N2O2S.C3H7I.CH5N/c1-18(2)30-25(31)28(29-26(30)33-19(3)4)24-16-21(9-8-20-6-7-20)10-11-22(24)17-27(28)14-12-23(32-5)13-15-27;1-16(2)28-22(29)25(27-23(28)26)21-14-18(7-6-17-4-5-17)8-9-19(21)15-24(25)12-10-20(30-3)11-13-24;1-27-17-8-10-21(11-9-17)13-16-7-6-15(5-4-14-2-3-14)12-18(16)22(21)19(25)23-20(26)24-22;1-26-17-8-10-21(11-9-17)13-16-7-6-15(5-4-14-2-3-14)12-18(16)22(21)19(25)23-20(27)24-22;1-3(2)4;1-2/h10-11,16,18-20,23H,6-7,12-15,17H2,1-5H3;8-9,14,16-17,20H,4-5,10-13,15H2,1-3H3,(H2,26,27);6-7,12,14,17H,2-3,8-11,13H2,1H3,(H2,23,24,25,26);6-7,12,14,17H,2-3,8-11,13H2,1H3,(H2,23,24,25,27);3H,1-2H3;2H2,1H3. The summed E-state index contributed by atoms with van der Waals surface area (Å²) in [6.07, 6.45) is 29.2. The van der Waals surface area contributed by atoms with Crippen LogP contribution in [0, 0.1) is 92.7 Å². The Balaban J connectivity index is 0.000000125. The summed E-state index contributed by atoms with van der Waals surface area (Å²) in [5, 5.41) is 13.5. The van der Waals surface area contributed by atoms with Gasteiger partial charge in [0, 0.05) is 117 Å². The second-order valence-corrected chi connectivity index (χ2v) is 43.0. The maximum absolute atomic E-state index is 14.5. The number of fused-ring (bicyclic) bond motifs is 12. The predicted octanol–water partition coefficient (Wildman–Crippen LogP) is 15.7.